The molecule has 0 N–H and O–H groups in total. The predicted octanol–water partition coefficient (Wildman–Crippen LogP) is 4.22. The molecule has 0 unspecified atom stereocenters. The Balaban J connectivity index is 2.85. The van der Waals surface area contributed by atoms with E-state index in [1.54, 1.807) is 0 Å². The number of aryl methyl sites for hydroxylation is 1. The fourth-order valence-electron chi connectivity index (χ4n) is 1.33. The van der Waals surface area contributed by atoms with Gasteiger partial charge in [0.15, 0.2) is 0 Å². The number of hydrogen-bond donors (Lipinski definition) is 0. The average Bonchev–Trinajstić information content (AvgIpc) is 2.15. The van der Waals surface area contributed by atoms with Crippen LogP contribution in [-0.2, 0) is 0 Å². The van der Waals surface area contributed by atoms with Crippen LogP contribution in [0.1, 0.15) is 25.0 Å². The molecule has 1 aromatic carbocycles. The van der Waals surface area contributed by atoms with E-state index in [1.807, 2.05) is 0 Å². The SMILES string of the molecule is C=C(/C=C\C(C)C)c1ccccc1C. The van der Waals surface area contributed by atoms with Crippen LogP contribution in [-0.4, -0.2) is 0 Å². The standard InChI is InChI=1S/C14H18/c1-11(2)9-10-13(4)14-8-6-5-7-12(14)3/h5-11H,4H2,1-3H3/b10-9-. The quantitative estimate of drug-likeness (QED) is 0.620. The van der Waals surface area contributed by atoms with E-state index in [0.29, 0.717) is 5.92 Å². The Bertz CT molecular complexity index is 343. The van der Waals surface area contributed by atoms with E-state index < -0.39 is 0 Å². The number of benzene rings is 1. The van der Waals surface area contributed by atoms with E-state index in [-0.39, 0.29) is 0 Å². The molecule has 14 heavy (non-hydrogen) atoms. The monoisotopic (exact) mass is 186 g/mol. The third kappa shape index (κ3) is 2.88. The second-order valence-electron chi connectivity index (χ2n) is 3.94. The molecule has 1 aromatic rings. The molecule has 0 aromatic heterocycles. The Labute approximate surface area is 87.0 Å². The van der Waals surface area contributed by atoms with Crippen LogP contribution < -0.4 is 0 Å². The van der Waals surface area contributed by atoms with Gasteiger partial charge in [0, 0.05) is 0 Å². The van der Waals surface area contributed by atoms with Gasteiger partial charge in [0.25, 0.3) is 0 Å². The van der Waals surface area contributed by atoms with Gasteiger partial charge in [0.1, 0.15) is 0 Å². The highest BCUT2D eigenvalue weighted by Gasteiger charge is 1.98. The van der Waals surface area contributed by atoms with Crippen molar-refractivity contribution in [1.29, 1.82) is 0 Å². The van der Waals surface area contributed by atoms with Crippen LogP contribution in [0.5, 0.6) is 0 Å². The molecule has 0 aliphatic rings. The lowest BCUT2D eigenvalue weighted by molar-refractivity contribution is 0.832. The summed E-state index contributed by atoms with van der Waals surface area (Å²) in [6.07, 6.45) is 4.28. The first-order chi connectivity index (χ1) is 6.61. The van der Waals surface area contributed by atoms with Crippen molar-refractivity contribution in [2.45, 2.75) is 20.8 Å². The lowest BCUT2D eigenvalue weighted by atomic mass is 10.0. The van der Waals surface area contributed by atoms with Crippen LogP contribution in [0.25, 0.3) is 5.57 Å². The van der Waals surface area contributed by atoms with Crippen LogP contribution in [0, 0.1) is 12.8 Å². The molecule has 0 aliphatic heterocycles. The van der Waals surface area contributed by atoms with Crippen LogP contribution in [0.3, 0.4) is 0 Å². The topological polar surface area (TPSA) is 0 Å². The minimum absolute atomic E-state index is 0.579. The highest BCUT2D eigenvalue weighted by Crippen LogP contribution is 2.18. The van der Waals surface area contributed by atoms with Crippen molar-refractivity contribution >= 4 is 5.57 Å². The molecule has 0 heteroatoms. The van der Waals surface area contributed by atoms with E-state index in [1.165, 1.54) is 11.1 Å². The van der Waals surface area contributed by atoms with Crippen LogP contribution in [0.15, 0.2) is 43.0 Å². The van der Waals surface area contributed by atoms with Gasteiger partial charge >= 0.3 is 0 Å². The molecule has 0 heterocycles. The van der Waals surface area contributed by atoms with Crippen LogP contribution in [0.4, 0.5) is 0 Å². The van der Waals surface area contributed by atoms with Crippen molar-refractivity contribution in [2.75, 3.05) is 0 Å². The maximum absolute atomic E-state index is 4.07. The summed E-state index contributed by atoms with van der Waals surface area (Å²) in [5.74, 6) is 0.579. The van der Waals surface area contributed by atoms with Crippen molar-refractivity contribution in [3.05, 3.63) is 54.1 Å². The number of allylic oxidation sites excluding steroid dienone is 3. The fraction of sp³-hybridized carbons (Fsp3) is 0.286. The first-order valence-electron chi connectivity index (χ1n) is 5.04. The summed E-state index contributed by atoms with van der Waals surface area (Å²) in [7, 11) is 0. The summed E-state index contributed by atoms with van der Waals surface area (Å²) < 4.78 is 0. The molecular weight excluding hydrogens is 168 g/mol. The van der Waals surface area contributed by atoms with Gasteiger partial charge in [0.05, 0.1) is 0 Å². The lowest BCUT2D eigenvalue weighted by Crippen LogP contribution is -1.85. The van der Waals surface area contributed by atoms with Crippen molar-refractivity contribution < 1.29 is 0 Å². The van der Waals surface area contributed by atoms with Gasteiger partial charge in [-0.1, -0.05) is 56.8 Å². The summed E-state index contributed by atoms with van der Waals surface area (Å²) in [6.45, 7) is 10.5. The third-order valence-electron chi connectivity index (χ3n) is 2.17. The highest BCUT2D eigenvalue weighted by atomic mass is 14.0. The minimum Gasteiger partial charge on any atom is -0.0912 e. The van der Waals surface area contributed by atoms with E-state index in [9.17, 15) is 0 Å². The average molecular weight is 186 g/mol. The second-order valence-corrected chi connectivity index (χ2v) is 3.94. The molecule has 0 atom stereocenters. The van der Waals surface area contributed by atoms with Crippen LogP contribution in [0.2, 0.25) is 0 Å². The van der Waals surface area contributed by atoms with Gasteiger partial charge in [0.2, 0.25) is 0 Å². The predicted molar refractivity (Wildman–Crippen MR) is 64.2 cm³/mol. The zero-order valence-corrected chi connectivity index (χ0v) is 9.25. The summed E-state index contributed by atoms with van der Waals surface area (Å²) in [5, 5.41) is 0. The molecular formula is C14H18. The summed E-state index contributed by atoms with van der Waals surface area (Å²) in [6, 6.07) is 8.33. The Morgan fingerprint density at radius 2 is 1.93 bits per heavy atom. The first-order valence-corrected chi connectivity index (χ1v) is 5.04. The molecule has 0 aliphatic carbocycles. The molecule has 0 saturated heterocycles. The van der Waals surface area contributed by atoms with Crippen LogP contribution >= 0.6 is 0 Å². The fourth-order valence-corrected chi connectivity index (χ4v) is 1.33. The third-order valence-corrected chi connectivity index (χ3v) is 2.17. The second kappa shape index (κ2) is 4.80. The van der Waals surface area contributed by atoms with E-state index in [2.05, 4.69) is 63.8 Å². The molecule has 74 valence electrons. The van der Waals surface area contributed by atoms with Gasteiger partial charge in [-0.3, -0.25) is 0 Å². The first kappa shape index (κ1) is 10.8. The van der Waals surface area contributed by atoms with Crippen molar-refractivity contribution in [1.82, 2.24) is 0 Å². The van der Waals surface area contributed by atoms with Crippen molar-refractivity contribution in [3.63, 3.8) is 0 Å². The van der Waals surface area contributed by atoms with Crippen molar-refractivity contribution in [2.24, 2.45) is 5.92 Å². The van der Waals surface area contributed by atoms with E-state index in [4.69, 9.17) is 0 Å². The Morgan fingerprint density at radius 1 is 1.29 bits per heavy atom. The molecule has 1 rings (SSSR count). The van der Waals surface area contributed by atoms with Gasteiger partial charge in [-0.2, -0.15) is 0 Å². The number of hydrogen-bond acceptors (Lipinski definition) is 0. The van der Waals surface area contributed by atoms with Gasteiger partial charge < -0.3 is 0 Å². The Hall–Kier alpha value is -1.30. The molecule has 0 amide bonds. The summed E-state index contributed by atoms with van der Waals surface area (Å²) in [5.41, 5.74) is 3.62. The normalized spacial score (nSPS) is 11.1. The molecule has 0 spiro atoms. The zero-order valence-electron chi connectivity index (χ0n) is 9.25. The molecule has 0 fully saturated rings. The zero-order chi connectivity index (χ0) is 10.6. The van der Waals surface area contributed by atoms with E-state index >= 15 is 0 Å². The van der Waals surface area contributed by atoms with Gasteiger partial charge in [-0.15, -0.1) is 0 Å². The van der Waals surface area contributed by atoms with Crippen molar-refractivity contribution in [3.8, 4) is 0 Å². The Kier molecular flexibility index (Phi) is 3.70. The molecule has 0 radical (unpaired) electrons. The number of rotatable bonds is 3. The maximum Gasteiger partial charge on any atom is -0.0161 e. The Morgan fingerprint density at radius 3 is 2.50 bits per heavy atom. The molecule has 0 saturated carbocycles. The van der Waals surface area contributed by atoms with Gasteiger partial charge in [-0.05, 0) is 29.5 Å². The highest BCUT2D eigenvalue weighted by molar-refractivity contribution is 5.73. The molecule has 0 nitrogen and oxygen atoms in total. The smallest absolute Gasteiger partial charge is 0.0161 e. The largest absolute Gasteiger partial charge is 0.0912 e. The minimum atomic E-state index is 0.579. The summed E-state index contributed by atoms with van der Waals surface area (Å²) >= 11 is 0. The maximum atomic E-state index is 4.07. The summed E-state index contributed by atoms with van der Waals surface area (Å²) in [4.78, 5) is 0. The van der Waals surface area contributed by atoms with Gasteiger partial charge in [-0.25, -0.2) is 0 Å². The molecule has 0 bridgehead atoms. The lowest BCUT2D eigenvalue weighted by Gasteiger charge is -2.05. The van der Waals surface area contributed by atoms with E-state index in [0.717, 1.165) is 5.57 Å².